The monoisotopic (exact) mass is 515 g/mol. The summed E-state index contributed by atoms with van der Waals surface area (Å²) in [6.07, 6.45) is -0.146. The first kappa shape index (κ1) is 25.0. The first-order valence-corrected chi connectivity index (χ1v) is 12.3. The van der Waals surface area contributed by atoms with Crippen LogP contribution in [0.5, 0.6) is 5.75 Å². The highest BCUT2D eigenvalue weighted by atomic mass is 19.3. The van der Waals surface area contributed by atoms with Crippen molar-refractivity contribution in [1.29, 1.82) is 0 Å². The molecular formula is C26H28F3N5O3. The van der Waals surface area contributed by atoms with Gasteiger partial charge < -0.3 is 20.4 Å². The summed E-state index contributed by atoms with van der Waals surface area (Å²) in [5.41, 5.74) is 2.07. The van der Waals surface area contributed by atoms with Gasteiger partial charge in [-0.1, -0.05) is 0 Å². The number of nitrogens with one attached hydrogen (secondary N) is 3. The number of halogens is 3. The summed E-state index contributed by atoms with van der Waals surface area (Å²) in [5, 5.41) is 5.43. The Bertz CT molecular complexity index is 1340. The molecule has 0 unspecified atom stereocenters. The number of fused-ring (bicyclic) bond motifs is 1. The summed E-state index contributed by atoms with van der Waals surface area (Å²) >= 11 is 0. The number of benzene rings is 1. The van der Waals surface area contributed by atoms with Gasteiger partial charge in [0.25, 0.3) is 12.3 Å². The van der Waals surface area contributed by atoms with Crippen molar-refractivity contribution in [3.63, 3.8) is 0 Å². The first-order chi connectivity index (χ1) is 17.7. The van der Waals surface area contributed by atoms with Crippen LogP contribution in [0.15, 0.2) is 24.5 Å². The van der Waals surface area contributed by atoms with E-state index in [9.17, 15) is 22.8 Å². The lowest BCUT2D eigenvalue weighted by molar-refractivity contribution is -0.120. The van der Waals surface area contributed by atoms with Crippen molar-refractivity contribution < 1.29 is 27.5 Å². The predicted octanol–water partition coefficient (Wildman–Crippen LogP) is 4.39. The van der Waals surface area contributed by atoms with E-state index in [0.29, 0.717) is 46.3 Å². The molecule has 37 heavy (non-hydrogen) atoms. The lowest BCUT2D eigenvalue weighted by Gasteiger charge is -2.14. The Morgan fingerprint density at radius 1 is 1.19 bits per heavy atom. The molecule has 196 valence electrons. The second-order valence-electron chi connectivity index (χ2n) is 9.85. The fourth-order valence-corrected chi connectivity index (χ4v) is 4.86. The molecule has 3 N–H and O–H groups in total. The van der Waals surface area contributed by atoms with E-state index in [1.54, 1.807) is 6.92 Å². The number of carbonyl (C=O) groups is 2. The summed E-state index contributed by atoms with van der Waals surface area (Å²) in [6, 6.07) is 3.09. The van der Waals surface area contributed by atoms with Gasteiger partial charge in [-0.2, -0.15) is 0 Å². The average molecular weight is 516 g/mol. The molecule has 0 aliphatic heterocycles. The maximum absolute atomic E-state index is 14.3. The summed E-state index contributed by atoms with van der Waals surface area (Å²) in [6.45, 7) is 3.51. The van der Waals surface area contributed by atoms with E-state index >= 15 is 0 Å². The lowest BCUT2D eigenvalue weighted by Crippen LogP contribution is -2.38. The fraction of sp³-hybridized carbons (Fsp3) is 0.462. The quantitative estimate of drug-likeness (QED) is 0.412. The number of aromatic amines is 1. The molecule has 2 aromatic heterocycles. The summed E-state index contributed by atoms with van der Waals surface area (Å²) < 4.78 is 47.4. The largest absolute Gasteiger partial charge is 0.493 e. The Labute approximate surface area is 211 Å². The Morgan fingerprint density at radius 3 is 2.68 bits per heavy atom. The van der Waals surface area contributed by atoms with Gasteiger partial charge in [-0.05, 0) is 50.3 Å². The van der Waals surface area contributed by atoms with Crippen LogP contribution in [0.3, 0.4) is 0 Å². The van der Waals surface area contributed by atoms with Gasteiger partial charge in [0.15, 0.2) is 0 Å². The average Bonchev–Trinajstić information content (AvgIpc) is 3.52. The van der Waals surface area contributed by atoms with Gasteiger partial charge in [0, 0.05) is 36.2 Å². The minimum absolute atomic E-state index is 0.0838. The van der Waals surface area contributed by atoms with Gasteiger partial charge >= 0.3 is 0 Å². The maximum atomic E-state index is 14.3. The van der Waals surface area contributed by atoms with Crippen LogP contribution < -0.4 is 15.4 Å². The molecule has 0 bridgehead atoms. The molecule has 0 saturated heterocycles. The van der Waals surface area contributed by atoms with Crippen molar-refractivity contribution in [2.45, 2.75) is 64.2 Å². The Hall–Kier alpha value is -3.63. The normalized spacial score (nSPS) is 21.4. The minimum atomic E-state index is -2.67. The SMILES string of the molecule is CC(=O)N[C@H]1C[C@H](NC(=O)c2c(C)[nH]c3c(-c4cc(C(F)F)ccc4OCC4CC4)ncnc23)C[C@@H]1F. The third-order valence-electron chi connectivity index (χ3n) is 6.89. The zero-order chi connectivity index (χ0) is 26.3. The van der Waals surface area contributed by atoms with E-state index in [0.717, 1.165) is 12.8 Å². The number of nitrogens with zero attached hydrogens (tertiary/aromatic N) is 2. The Balaban J connectivity index is 1.46. The van der Waals surface area contributed by atoms with Crippen molar-refractivity contribution in [2.24, 2.45) is 5.92 Å². The van der Waals surface area contributed by atoms with Crippen LogP contribution in [0, 0.1) is 12.8 Å². The molecule has 8 nitrogen and oxygen atoms in total. The molecule has 3 atom stereocenters. The van der Waals surface area contributed by atoms with Gasteiger partial charge in [-0.25, -0.2) is 23.1 Å². The van der Waals surface area contributed by atoms with E-state index in [2.05, 4.69) is 25.6 Å². The topological polar surface area (TPSA) is 109 Å². The van der Waals surface area contributed by atoms with Crippen molar-refractivity contribution >= 4 is 22.8 Å². The van der Waals surface area contributed by atoms with E-state index in [1.807, 2.05) is 0 Å². The second-order valence-corrected chi connectivity index (χ2v) is 9.85. The molecule has 2 amide bonds. The standard InChI is InChI=1S/C26H28F3N5O3/c1-12-21(26(36)34-16-8-18(27)19(9-16)33-13(2)35)23-24(32-12)22(30-11-31-23)17-7-15(25(28)29)5-6-20(17)37-10-14-3-4-14/h5-7,11,14,16,18-19,25,32H,3-4,8-10H2,1-2H3,(H,33,35)(H,34,36)/t16-,18+,19+/m1/s1. The smallest absolute Gasteiger partial charge is 0.263 e. The second kappa shape index (κ2) is 10.0. The van der Waals surface area contributed by atoms with E-state index < -0.39 is 30.6 Å². The first-order valence-electron chi connectivity index (χ1n) is 12.3. The predicted molar refractivity (Wildman–Crippen MR) is 130 cm³/mol. The van der Waals surface area contributed by atoms with Gasteiger partial charge in [-0.3, -0.25) is 9.59 Å². The van der Waals surface area contributed by atoms with Crippen molar-refractivity contribution in [3.8, 4) is 17.0 Å². The van der Waals surface area contributed by atoms with Gasteiger partial charge in [0.05, 0.1) is 23.7 Å². The van der Waals surface area contributed by atoms with Gasteiger partial charge in [-0.15, -0.1) is 0 Å². The minimum Gasteiger partial charge on any atom is -0.493 e. The highest BCUT2D eigenvalue weighted by Crippen LogP contribution is 2.38. The van der Waals surface area contributed by atoms with Crippen molar-refractivity contribution in [2.75, 3.05) is 6.61 Å². The maximum Gasteiger partial charge on any atom is 0.263 e. The Morgan fingerprint density at radius 2 is 1.97 bits per heavy atom. The van der Waals surface area contributed by atoms with Gasteiger partial charge in [0.1, 0.15) is 29.5 Å². The molecule has 2 fully saturated rings. The highest BCUT2D eigenvalue weighted by Gasteiger charge is 2.36. The van der Waals surface area contributed by atoms with Crippen molar-refractivity contribution in [3.05, 3.63) is 41.3 Å². The summed E-state index contributed by atoms with van der Waals surface area (Å²) in [5.74, 6) is 0.118. The number of carbonyl (C=O) groups excluding carboxylic acids is 2. The van der Waals surface area contributed by atoms with Crippen LogP contribution in [0.1, 0.15) is 60.6 Å². The number of aryl methyl sites for hydroxylation is 1. The molecule has 3 aromatic rings. The molecule has 0 radical (unpaired) electrons. The molecule has 2 aliphatic carbocycles. The van der Waals surface area contributed by atoms with Crippen LogP contribution in [-0.4, -0.2) is 51.6 Å². The summed E-state index contributed by atoms with van der Waals surface area (Å²) in [4.78, 5) is 36.4. The zero-order valence-electron chi connectivity index (χ0n) is 20.5. The molecule has 11 heteroatoms. The van der Waals surface area contributed by atoms with E-state index in [1.165, 1.54) is 31.5 Å². The van der Waals surface area contributed by atoms with Crippen LogP contribution in [0.25, 0.3) is 22.3 Å². The molecule has 1 aromatic carbocycles. The van der Waals surface area contributed by atoms with Crippen LogP contribution in [-0.2, 0) is 4.79 Å². The molecule has 2 aliphatic rings. The van der Waals surface area contributed by atoms with Crippen LogP contribution >= 0.6 is 0 Å². The molecule has 2 saturated carbocycles. The number of rotatable bonds is 8. The van der Waals surface area contributed by atoms with Crippen molar-refractivity contribution in [1.82, 2.24) is 25.6 Å². The number of H-pyrrole nitrogens is 1. The van der Waals surface area contributed by atoms with E-state index in [4.69, 9.17) is 4.74 Å². The fourth-order valence-electron chi connectivity index (χ4n) is 4.86. The van der Waals surface area contributed by atoms with Crippen LogP contribution in [0.4, 0.5) is 13.2 Å². The van der Waals surface area contributed by atoms with Gasteiger partial charge in [0.2, 0.25) is 5.91 Å². The number of hydrogen-bond acceptors (Lipinski definition) is 5. The third-order valence-corrected chi connectivity index (χ3v) is 6.89. The molecule has 2 heterocycles. The lowest BCUT2D eigenvalue weighted by atomic mass is 10.0. The number of alkyl halides is 3. The molecule has 5 rings (SSSR count). The Kier molecular flexibility index (Phi) is 6.78. The zero-order valence-corrected chi connectivity index (χ0v) is 20.5. The van der Waals surface area contributed by atoms with E-state index in [-0.39, 0.29) is 29.9 Å². The number of aromatic nitrogens is 3. The third kappa shape index (κ3) is 5.26. The summed E-state index contributed by atoms with van der Waals surface area (Å²) in [7, 11) is 0. The molecular weight excluding hydrogens is 487 g/mol. The van der Waals surface area contributed by atoms with Crippen LogP contribution in [0.2, 0.25) is 0 Å². The highest BCUT2D eigenvalue weighted by molar-refractivity contribution is 6.09. The number of amides is 2. The number of hydrogen-bond donors (Lipinski definition) is 3. The molecule has 0 spiro atoms. The number of ether oxygens (including phenoxy) is 1.